The fraction of sp³-hybridized carbons (Fsp3) is 0.263. The maximum atomic E-state index is 13.4. The Morgan fingerprint density at radius 1 is 1.04 bits per heavy atom. The van der Waals surface area contributed by atoms with Gasteiger partial charge in [0.05, 0.1) is 12.2 Å². The largest absolute Gasteiger partial charge is 0.494 e. The molecule has 0 fully saturated rings. The number of halogens is 2. The summed E-state index contributed by atoms with van der Waals surface area (Å²) in [5.41, 5.74) is -0.347. The van der Waals surface area contributed by atoms with Gasteiger partial charge in [-0.3, -0.25) is 4.79 Å². The van der Waals surface area contributed by atoms with Gasteiger partial charge < -0.3 is 14.8 Å². The van der Waals surface area contributed by atoms with Crippen LogP contribution in [0.5, 0.6) is 5.75 Å². The molecule has 2 aromatic carbocycles. The van der Waals surface area contributed by atoms with E-state index in [2.05, 4.69) is 6.92 Å². The highest BCUT2D eigenvalue weighted by atomic mass is 19.1. The molecule has 0 aliphatic rings. The van der Waals surface area contributed by atoms with Crippen molar-refractivity contribution in [3.8, 4) is 5.75 Å². The number of unbranched alkanes of at least 4 members (excludes halogenated alkanes) is 1. The van der Waals surface area contributed by atoms with Crippen LogP contribution in [0.2, 0.25) is 0 Å². The summed E-state index contributed by atoms with van der Waals surface area (Å²) in [6.45, 7) is 1.98. The number of benzene rings is 2. The molecule has 1 N–H and O–H groups in total. The van der Waals surface area contributed by atoms with E-state index in [-0.39, 0.29) is 5.56 Å². The van der Waals surface area contributed by atoms with Crippen molar-refractivity contribution in [1.29, 1.82) is 0 Å². The molecule has 2 rings (SSSR count). The van der Waals surface area contributed by atoms with Crippen molar-refractivity contribution in [1.82, 2.24) is 0 Å². The lowest BCUT2D eigenvalue weighted by atomic mass is 10.2. The fourth-order valence-corrected chi connectivity index (χ4v) is 2.03. The van der Waals surface area contributed by atoms with Crippen molar-refractivity contribution in [2.24, 2.45) is 0 Å². The Morgan fingerprint density at radius 2 is 1.69 bits per heavy atom. The van der Waals surface area contributed by atoms with Crippen LogP contribution in [0.3, 0.4) is 0 Å². The van der Waals surface area contributed by atoms with E-state index in [1.54, 1.807) is 12.1 Å². The molecular weight excluding hydrogens is 344 g/mol. The van der Waals surface area contributed by atoms with Gasteiger partial charge in [-0.15, -0.1) is 0 Å². The van der Waals surface area contributed by atoms with E-state index in [1.807, 2.05) is 5.32 Å². The Bertz CT molecular complexity index is 742. The third-order valence-corrected chi connectivity index (χ3v) is 3.42. The van der Waals surface area contributed by atoms with Crippen LogP contribution in [0, 0.1) is 11.6 Å². The van der Waals surface area contributed by atoms with E-state index in [1.165, 1.54) is 18.2 Å². The summed E-state index contributed by atoms with van der Waals surface area (Å²) < 4.78 is 37.2. The van der Waals surface area contributed by atoms with Crippen LogP contribution in [-0.4, -0.2) is 25.1 Å². The third kappa shape index (κ3) is 5.54. The molecule has 7 heteroatoms. The highest BCUT2D eigenvalue weighted by Crippen LogP contribution is 2.18. The molecule has 5 nitrogen and oxygen atoms in total. The minimum atomic E-state index is -0.914. The number of para-hydroxylation sites is 1. The summed E-state index contributed by atoms with van der Waals surface area (Å²) in [7, 11) is 0. The summed E-state index contributed by atoms with van der Waals surface area (Å²) >= 11 is 0. The minimum Gasteiger partial charge on any atom is -0.494 e. The first-order chi connectivity index (χ1) is 12.5. The molecule has 26 heavy (non-hydrogen) atoms. The second-order valence-corrected chi connectivity index (χ2v) is 5.45. The van der Waals surface area contributed by atoms with Gasteiger partial charge in [0.2, 0.25) is 0 Å². The van der Waals surface area contributed by atoms with E-state index in [4.69, 9.17) is 9.47 Å². The highest BCUT2D eigenvalue weighted by molar-refractivity contribution is 5.95. The summed E-state index contributed by atoms with van der Waals surface area (Å²) in [6.07, 6.45) is 1.95. The maximum absolute atomic E-state index is 13.4. The average molecular weight is 363 g/mol. The zero-order valence-electron chi connectivity index (χ0n) is 14.3. The number of amides is 1. The van der Waals surface area contributed by atoms with Crippen molar-refractivity contribution in [3.63, 3.8) is 0 Å². The van der Waals surface area contributed by atoms with Gasteiger partial charge in [-0.05, 0) is 42.8 Å². The summed E-state index contributed by atoms with van der Waals surface area (Å²) in [4.78, 5) is 23.6. The van der Waals surface area contributed by atoms with Crippen LogP contribution in [-0.2, 0) is 9.53 Å². The summed E-state index contributed by atoms with van der Waals surface area (Å²) in [5, 5.41) is 2.04. The van der Waals surface area contributed by atoms with Gasteiger partial charge >= 0.3 is 5.97 Å². The zero-order valence-corrected chi connectivity index (χ0v) is 14.3. The van der Waals surface area contributed by atoms with Crippen molar-refractivity contribution in [3.05, 3.63) is 59.7 Å². The van der Waals surface area contributed by atoms with Crippen LogP contribution in [0.15, 0.2) is 42.5 Å². The summed E-state index contributed by atoms with van der Waals surface area (Å²) in [5.74, 6) is -2.77. The van der Waals surface area contributed by atoms with Crippen molar-refractivity contribution >= 4 is 17.6 Å². The average Bonchev–Trinajstić information content (AvgIpc) is 2.64. The Kier molecular flexibility index (Phi) is 7.08. The molecule has 0 aromatic heterocycles. The number of anilines is 1. The molecule has 2 aromatic rings. The number of rotatable bonds is 8. The number of ether oxygens (including phenoxy) is 2. The molecule has 0 aliphatic carbocycles. The lowest BCUT2D eigenvalue weighted by molar-refractivity contribution is -0.119. The number of hydrogen-bond donors (Lipinski definition) is 1. The molecule has 0 radical (unpaired) electrons. The number of carbonyl (C=O) groups is 2. The molecule has 138 valence electrons. The Morgan fingerprint density at radius 3 is 2.31 bits per heavy atom. The van der Waals surface area contributed by atoms with Gasteiger partial charge in [0, 0.05) is 0 Å². The van der Waals surface area contributed by atoms with Crippen LogP contribution in [0.25, 0.3) is 0 Å². The first-order valence-electron chi connectivity index (χ1n) is 8.15. The molecule has 0 aliphatic heterocycles. The molecule has 0 spiro atoms. The Hall–Kier alpha value is -2.96. The van der Waals surface area contributed by atoms with Gasteiger partial charge in [-0.1, -0.05) is 19.4 Å². The van der Waals surface area contributed by atoms with Crippen LogP contribution >= 0.6 is 0 Å². The standard InChI is InChI=1S/C19H19F2NO4/c1-2-3-11-25-14-9-7-13(8-10-14)19(24)26-12-17(23)22-18-15(20)5-4-6-16(18)21/h4-10H,2-3,11-12H2,1H3,(H,22,23). The molecular formula is C19H19F2NO4. The predicted molar refractivity (Wildman–Crippen MR) is 92.1 cm³/mol. The molecule has 0 unspecified atom stereocenters. The van der Waals surface area contributed by atoms with E-state index < -0.39 is 35.8 Å². The van der Waals surface area contributed by atoms with E-state index in [0.717, 1.165) is 25.0 Å². The van der Waals surface area contributed by atoms with Crippen LogP contribution < -0.4 is 10.1 Å². The lowest BCUT2D eigenvalue weighted by Crippen LogP contribution is -2.22. The molecule has 1 amide bonds. The minimum absolute atomic E-state index is 0.234. The first-order valence-corrected chi connectivity index (χ1v) is 8.15. The molecule has 0 saturated heterocycles. The number of esters is 1. The van der Waals surface area contributed by atoms with Crippen LogP contribution in [0.4, 0.5) is 14.5 Å². The van der Waals surface area contributed by atoms with E-state index in [0.29, 0.717) is 12.4 Å². The summed E-state index contributed by atoms with van der Waals surface area (Å²) in [6, 6.07) is 9.47. The fourth-order valence-electron chi connectivity index (χ4n) is 2.03. The quantitative estimate of drug-likeness (QED) is 0.570. The lowest BCUT2D eigenvalue weighted by Gasteiger charge is -2.09. The second-order valence-electron chi connectivity index (χ2n) is 5.45. The Labute approximate surface area is 149 Å². The maximum Gasteiger partial charge on any atom is 0.338 e. The molecule has 0 bridgehead atoms. The van der Waals surface area contributed by atoms with Crippen LogP contribution in [0.1, 0.15) is 30.1 Å². The Balaban J connectivity index is 1.85. The van der Waals surface area contributed by atoms with Gasteiger partial charge in [0.1, 0.15) is 23.1 Å². The number of nitrogens with one attached hydrogen (secondary N) is 1. The monoisotopic (exact) mass is 363 g/mol. The van der Waals surface area contributed by atoms with Crippen molar-refractivity contribution in [2.45, 2.75) is 19.8 Å². The predicted octanol–water partition coefficient (Wildman–Crippen LogP) is 3.94. The van der Waals surface area contributed by atoms with Gasteiger partial charge in [-0.25, -0.2) is 13.6 Å². The number of carbonyl (C=O) groups excluding carboxylic acids is 2. The third-order valence-electron chi connectivity index (χ3n) is 3.42. The first kappa shape index (κ1) is 19.4. The van der Waals surface area contributed by atoms with Gasteiger partial charge in [0.15, 0.2) is 6.61 Å². The topological polar surface area (TPSA) is 64.6 Å². The normalized spacial score (nSPS) is 10.3. The zero-order chi connectivity index (χ0) is 18.9. The second kappa shape index (κ2) is 9.50. The number of hydrogen-bond acceptors (Lipinski definition) is 4. The van der Waals surface area contributed by atoms with Crippen molar-refractivity contribution < 1.29 is 27.8 Å². The van der Waals surface area contributed by atoms with Gasteiger partial charge in [0.25, 0.3) is 5.91 Å². The molecule has 0 saturated carbocycles. The smallest absolute Gasteiger partial charge is 0.338 e. The van der Waals surface area contributed by atoms with E-state index >= 15 is 0 Å². The van der Waals surface area contributed by atoms with Crippen molar-refractivity contribution in [2.75, 3.05) is 18.5 Å². The highest BCUT2D eigenvalue weighted by Gasteiger charge is 2.14. The molecule has 0 heterocycles. The van der Waals surface area contributed by atoms with Gasteiger partial charge in [-0.2, -0.15) is 0 Å². The molecule has 0 atom stereocenters. The van der Waals surface area contributed by atoms with E-state index in [9.17, 15) is 18.4 Å². The SMILES string of the molecule is CCCCOc1ccc(C(=O)OCC(=O)Nc2c(F)cccc2F)cc1.